The van der Waals surface area contributed by atoms with Crippen molar-refractivity contribution >= 4 is 14.3 Å². The quantitative estimate of drug-likeness (QED) is 0.228. The molecule has 1 aliphatic heterocycles. The lowest BCUT2D eigenvalue weighted by Gasteiger charge is -2.52. The molecule has 210 valence electrons. The lowest BCUT2D eigenvalue weighted by atomic mass is 9.82. The standard InChI is InChI=1S/C29H55NO5Si/c1-20(34-30-28(8,9)17-14-18-29(30,10)11)15-16-21-23(35-36(12,13)27(5,6)7)19-22(31)24(21)25(32)33-26(2,3)4/h15-16,20-24,31H,14,17-19H2,1-13H3/b16-15+/t20?,21-,22+,23+,24-/m1/s1. The van der Waals surface area contributed by atoms with Crippen LogP contribution in [-0.4, -0.2) is 59.4 Å². The van der Waals surface area contributed by atoms with Gasteiger partial charge in [0.1, 0.15) is 5.60 Å². The number of piperidine rings is 1. The Bertz CT molecular complexity index is 776. The summed E-state index contributed by atoms with van der Waals surface area (Å²) in [6, 6.07) is 0. The molecular weight excluding hydrogens is 470 g/mol. The number of hydrogen-bond acceptors (Lipinski definition) is 6. The highest BCUT2D eigenvalue weighted by Gasteiger charge is 2.51. The number of aliphatic hydroxyl groups excluding tert-OH is 1. The Morgan fingerprint density at radius 3 is 2.06 bits per heavy atom. The summed E-state index contributed by atoms with van der Waals surface area (Å²) < 4.78 is 12.5. The Balaban J connectivity index is 2.31. The molecule has 1 heterocycles. The second kappa shape index (κ2) is 10.8. The Morgan fingerprint density at radius 1 is 1.06 bits per heavy atom. The van der Waals surface area contributed by atoms with Gasteiger partial charge in [0.15, 0.2) is 8.32 Å². The first-order chi connectivity index (χ1) is 16.1. The molecule has 0 aromatic heterocycles. The number of nitrogens with zero attached hydrogens (tertiary/aromatic N) is 1. The first kappa shape index (κ1) is 31.5. The Hall–Kier alpha value is -0.733. The van der Waals surface area contributed by atoms with Gasteiger partial charge in [-0.2, -0.15) is 5.06 Å². The van der Waals surface area contributed by atoms with E-state index in [4.69, 9.17) is 14.0 Å². The van der Waals surface area contributed by atoms with Gasteiger partial charge in [-0.3, -0.25) is 9.63 Å². The van der Waals surface area contributed by atoms with Gasteiger partial charge >= 0.3 is 5.97 Å². The number of esters is 1. The molecule has 0 aromatic carbocycles. The molecule has 1 unspecified atom stereocenters. The van der Waals surface area contributed by atoms with Crippen molar-refractivity contribution < 1.29 is 23.9 Å². The minimum atomic E-state index is -2.12. The van der Waals surface area contributed by atoms with E-state index in [9.17, 15) is 9.90 Å². The molecule has 6 nitrogen and oxygen atoms in total. The highest BCUT2D eigenvalue weighted by molar-refractivity contribution is 6.74. The van der Waals surface area contributed by atoms with E-state index in [0.717, 1.165) is 12.8 Å². The number of ether oxygens (including phenoxy) is 1. The van der Waals surface area contributed by atoms with Crippen LogP contribution in [0.3, 0.4) is 0 Å². The fraction of sp³-hybridized carbons (Fsp3) is 0.897. The van der Waals surface area contributed by atoms with Gasteiger partial charge in [-0.1, -0.05) is 32.9 Å². The molecule has 2 fully saturated rings. The van der Waals surface area contributed by atoms with Crippen LogP contribution in [0.2, 0.25) is 18.1 Å². The van der Waals surface area contributed by atoms with Crippen molar-refractivity contribution in [1.29, 1.82) is 0 Å². The van der Waals surface area contributed by atoms with E-state index in [2.05, 4.69) is 66.6 Å². The maximum absolute atomic E-state index is 13.2. The third-order valence-corrected chi connectivity index (χ3v) is 12.7. The first-order valence-corrected chi connectivity index (χ1v) is 16.7. The lowest BCUT2D eigenvalue weighted by molar-refractivity contribution is -0.293. The minimum Gasteiger partial charge on any atom is -0.460 e. The molecule has 0 radical (unpaired) electrons. The Morgan fingerprint density at radius 2 is 1.58 bits per heavy atom. The number of carbonyl (C=O) groups excluding carboxylic acids is 1. The molecular formula is C29H55NO5Si. The molecule has 0 amide bonds. The molecule has 1 N–H and O–H groups in total. The monoisotopic (exact) mass is 525 g/mol. The van der Waals surface area contributed by atoms with E-state index < -0.39 is 25.9 Å². The van der Waals surface area contributed by atoms with Gasteiger partial charge in [0.25, 0.3) is 0 Å². The maximum atomic E-state index is 13.2. The molecule has 0 aromatic rings. The van der Waals surface area contributed by atoms with E-state index in [0.29, 0.717) is 6.42 Å². The Labute approximate surface area is 222 Å². The van der Waals surface area contributed by atoms with E-state index >= 15 is 0 Å². The summed E-state index contributed by atoms with van der Waals surface area (Å²) in [6.45, 7) is 27.6. The smallest absolute Gasteiger partial charge is 0.312 e. The number of rotatable bonds is 7. The van der Waals surface area contributed by atoms with Gasteiger partial charge in [-0.05, 0) is 99.2 Å². The van der Waals surface area contributed by atoms with Crippen LogP contribution >= 0.6 is 0 Å². The number of aliphatic hydroxyl groups is 1. The van der Waals surface area contributed by atoms with Crippen molar-refractivity contribution in [3.05, 3.63) is 12.2 Å². The van der Waals surface area contributed by atoms with Crippen LogP contribution < -0.4 is 0 Å². The summed E-state index contributed by atoms with van der Waals surface area (Å²) in [5, 5.41) is 13.2. The van der Waals surface area contributed by atoms with Crippen LogP contribution in [0.25, 0.3) is 0 Å². The molecule has 5 atom stereocenters. The van der Waals surface area contributed by atoms with Crippen molar-refractivity contribution in [2.45, 2.75) is 155 Å². The fourth-order valence-corrected chi connectivity index (χ4v) is 6.75. The van der Waals surface area contributed by atoms with Crippen molar-refractivity contribution in [1.82, 2.24) is 5.06 Å². The van der Waals surface area contributed by atoms with Crippen LogP contribution in [0.5, 0.6) is 0 Å². The van der Waals surface area contributed by atoms with Crippen molar-refractivity contribution in [2.75, 3.05) is 0 Å². The third kappa shape index (κ3) is 7.65. The van der Waals surface area contributed by atoms with Crippen LogP contribution in [-0.2, 0) is 18.8 Å². The molecule has 1 saturated heterocycles. The van der Waals surface area contributed by atoms with E-state index in [1.165, 1.54) is 6.42 Å². The second-order valence-electron chi connectivity index (χ2n) is 14.8. The maximum Gasteiger partial charge on any atom is 0.312 e. The molecule has 7 heteroatoms. The topological polar surface area (TPSA) is 68.2 Å². The number of carbonyl (C=O) groups is 1. The van der Waals surface area contributed by atoms with E-state index in [1.54, 1.807) is 0 Å². The van der Waals surface area contributed by atoms with E-state index in [-0.39, 0.29) is 40.2 Å². The van der Waals surface area contributed by atoms with Gasteiger partial charge in [0, 0.05) is 17.0 Å². The highest BCUT2D eigenvalue weighted by atomic mass is 28.4. The van der Waals surface area contributed by atoms with Crippen molar-refractivity contribution in [3.8, 4) is 0 Å². The SMILES string of the molecule is CC(/C=C/[C@H]1[C@@H](C(=O)OC(C)(C)C)[C@@H](O)C[C@@H]1O[Si](C)(C)C(C)(C)C)ON1C(C)(C)CCCC1(C)C. The minimum absolute atomic E-state index is 0.0258. The molecule has 1 aliphatic carbocycles. The molecule has 0 bridgehead atoms. The predicted molar refractivity (Wildman–Crippen MR) is 149 cm³/mol. The summed E-state index contributed by atoms with van der Waals surface area (Å²) >= 11 is 0. The average molecular weight is 526 g/mol. The van der Waals surface area contributed by atoms with Crippen LogP contribution in [0.4, 0.5) is 0 Å². The zero-order valence-corrected chi connectivity index (χ0v) is 26.4. The van der Waals surface area contributed by atoms with E-state index in [1.807, 2.05) is 39.8 Å². The molecule has 2 aliphatic rings. The molecule has 2 rings (SSSR count). The second-order valence-corrected chi connectivity index (χ2v) is 19.6. The Kier molecular flexibility index (Phi) is 9.44. The average Bonchev–Trinajstić information content (AvgIpc) is 2.94. The first-order valence-electron chi connectivity index (χ1n) is 13.8. The molecule has 0 spiro atoms. The van der Waals surface area contributed by atoms with Gasteiger partial charge in [0.2, 0.25) is 0 Å². The summed E-state index contributed by atoms with van der Waals surface area (Å²) in [5.41, 5.74) is -0.730. The predicted octanol–water partition coefficient (Wildman–Crippen LogP) is 6.63. The van der Waals surface area contributed by atoms with Crippen molar-refractivity contribution in [3.63, 3.8) is 0 Å². The summed E-state index contributed by atoms with van der Waals surface area (Å²) in [6.07, 6.45) is 6.62. The molecule has 1 saturated carbocycles. The van der Waals surface area contributed by atoms with Crippen LogP contribution in [0.1, 0.15) is 102 Å². The molecule has 36 heavy (non-hydrogen) atoms. The summed E-state index contributed by atoms with van der Waals surface area (Å²) in [4.78, 5) is 19.7. The largest absolute Gasteiger partial charge is 0.460 e. The zero-order chi connectivity index (χ0) is 27.9. The van der Waals surface area contributed by atoms with Gasteiger partial charge in [-0.15, -0.1) is 0 Å². The third-order valence-electron chi connectivity index (χ3n) is 8.22. The number of hydroxylamine groups is 2. The number of hydrogen-bond donors (Lipinski definition) is 1. The summed E-state index contributed by atoms with van der Waals surface area (Å²) in [7, 11) is -2.12. The lowest BCUT2D eigenvalue weighted by Crippen LogP contribution is -2.59. The normalized spacial score (nSPS) is 30.5. The fourth-order valence-electron chi connectivity index (χ4n) is 5.39. The van der Waals surface area contributed by atoms with Crippen LogP contribution in [0, 0.1) is 11.8 Å². The van der Waals surface area contributed by atoms with Gasteiger partial charge in [0.05, 0.1) is 24.2 Å². The summed E-state index contributed by atoms with van der Waals surface area (Å²) in [5.74, 6) is -1.31. The zero-order valence-electron chi connectivity index (χ0n) is 25.4. The van der Waals surface area contributed by atoms with Crippen LogP contribution in [0.15, 0.2) is 12.2 Å². The van der Waals surface area contributed by atoms with Gasteiger partial charge < -0.3 is 14.3 Å². The van der Waals surface area contributed by atoms with Gasteiger partial charge in [-0.25, -0.2) is 0 Å². The highest BCUT2D eigenvalue weighted by Crippen LogP contribution is 2.44. The van der Waals surface area contributed by atoms with Crippen molar-refractivity contribution in [2.24, 2.45) is 11.8 Å².